The van der Waals surface area contributed by atoms with Crippen LogP contribution in [0.3, 0.4) is 0 Å². The van der Waals surface area contributed by atoms with Crippen LogP contribution in [0.2, 0.25) is 0 Å². The van der Waals surface area contributed by atoms with E-state index in [9.17, 15) is 13.0 Å². The molecule has 0 aliphatic heterocycles. The third-order valence-corrected chi connectivity index (χ3v) is 4.78. The minimum absolute atomic E-state index is 0.157. The monoisotopic (exact) mass is 368 g/mol. The van der Waals surface area contributed by atoms with Crippen molar-refractivity contribution in [2.24, 2.45) is 0 Å². The summed E-state index contributed by atoms with van der Waals surface area (Å²) in [6.45, 7) is 3.64. The zero-order valence-corrected chi connectivity index (χ0v) is 14.6. The minimum Gasteiger partial charge on any atom is -0.282 e. The lowest BCUT2D eigenvalue weighted by molar-refractivity contribution is -0.432. The van der Waals surface area contributed by atoms with Crippen LogP contribution in [-0.2, 0) is 19.5 Å². The first kappa shape index (κ1) is 18.7. The number of rotatable bonds is 6. The van der Waals surface area contributed by atoms with E-state index in [0.717, 1.165) is 28.7 Å². The second kappa shape index (κ2) is 7.93. The molecular weight excluding hydrogens is 352 g/mol. The Labute approximate surface area is 144 Å². The molecule has 0 unspecified atom stereocenters. The molecule has 0 heterocycles. The Kier molecular flexibility index (Phi) is 6.16. The van der Waals surface area contributed by atoms with E-state index in [1.54, 1.807) is 31.2 Å². The molecule has 8 heteroatoms. The van der Waals surface area contributed by atoms with E-state index in [4.69, 9.17) is 5.26 Å². The van der Waals surface area contributed by atoms with Crippen LogP contribution in [0.4, 0.5) is 0 Å². The Morgan fingerprint density at radius 1 is 1.00 bits per heavy atom. The Hall–Kier alpha value is -1.68. The Morgan fingerprint density at radius 3 is 2.21 bits per heavy atom. The standard InChI is InChI=1S/C16H16O6S2/c1-11-3-5-13(15(9-11)23-22-21-17)7-8-14-6-4-12(2)10-16(14)24(18,19)20/h3-10,17H,1-2H3,(H,18,19,20). The van der Waals surface area contributed by atoms with Gasteiger partial charge in [0, 0.05) is 4.90 Å². The average molecular weight is 368 g/mol. The lowest BCUT2D eigenvalue weighted by Gasteiger charge is -2.06. The van der Waals surface area contributed by atoms with E-state index in [-0.39, 0.29) is 4.90 Å². The van der Waals surface area contributed by atoms with E-state index < -0.39 is 10.1 Å². The molecule has 2 rings (SSSR count). The fraction of sp³-hybridized carbons (Fsp3) is 0.125. The first-order valence-corrected chi connectivity index (χ1v) is 9.01. The highest BCUT2D eigenvalue weighted by atomic mass is 32.2. The van der Waals surface area contributed by atoms with Crippen molar-refractivity contribution in [3.63, 3.8) is 0 Å². The molecular formula is C16H16O6S2. The van der Waals surface area contributed by atoms with Crippen LogP contribution in [0, 0.1) is 13.8 Å². The summed E-state index contributed by atoms with van der Waals surface area (Å²) in [7, 11) is -4.33. The first-order valence-electron chi connectivity index (χ1n) is 6.83. The summed E-state index contributed by atoms with van der Waals surface area (Å²) in [6, 6.07) is 10.3. The fourth-order valence-electron chi connectivity index (χ4n) is 2.09. The van der Waals surface area contributed by atoms with Crippen LogP contribution in [0.25, 0.3) is 12.2 Å². The molecule has 0 aliphatic carbocycles. The summed E-state index contributed by atoms with van der Waals surface area (Å²) in [6.07, 6.45) is 3.26. The van der Waals surface area contributed by atoms with Crippen LogP contribution in [0.15, 0.2) is 46.2 Å². The van der Waals surface area contributed by atoms with Gasteiger partial charge in [0.25, 0.3) is 10.1 Å². The Balaban J connectivity index is 2.42. The normalized spacial score (nSPS) is 12.0. The molecule has 0 bridgehead atoms. The summed E-state index contributed by atoms with van der Waals surface area (Å²) < 4.78 is 36.9. The van der Waals surface area contributed by atoms with Gasteiger partial charge < -0.3 is 0 Å². The maximum Gasteiger partial charge on any atom is 0.295 e. The minimum atomic E-state index is -4.33. The van der Waals surface area contributed by atoms with Crippen molar-refractivity contribution in [3.05, 3.63) is 58.7 Å². The molecule has 2 N–H and O–H groups in total. The van der Waals surface area contributed by atoms with Crippen molar-refractivity contribution in [1.29, 1.82) is 0 Å². The Morgan fingerprint density at radius 2 is 1.58 bits per heavy atom. The molecule has 0 saturated heterocycles. The van der Waals surface area contributed by atoms with Gasteiger partial charge >= 0.3 is 0 Å². The molecule has 0 aromatic heterocycles. The molecule has 0 amide bonds. The van der Waals surface area contributed by atoms with Crippen molar-refractivity contribution in [3.8, 4) is 0 Å². The van der Waals surface area contributed by atoms with Crippen LogP contribution in [0.1, 0.15) is 22.3 Å². The topological polar surface area (TPSA) is 93.1 Å². The lowest BCUT2D eigenvalue weighted by Crippen LogP contribution is -2.01. The highest BCUT2D eigenvalue weighted by Gasteiger charge is 2.14. The second-order valence-electron chi connectivity index (χ2n) is 5.12. The maximum atomic E-state index is 11.5. The molecule has 0 atom stereocenters. The molecule has 24 heavy (non-hydrogen) atoms. The predicted molar refractivity (Wildman–Crippen MR) is 91.8 cm³/mol. The molecule has 0 spiro atoms. The third-order valence-electron chi connectivity index (χ3n) is 3.21. The van der Waals surface area contributed by atoms with E-state index in [1.165, 1.54) is 6.07 Å². The van der Waals surface area contributed by atoms with Crippen LogP contribution in [0.5, 0.6) is 0 Å². The molecule has 6 nitrogen and oxygen atoms in total. The summed E-state index contributed by atoms with van der Waals surface area (Å²) >= 11 is 0.817. The van der Waals surface area contributed by atoms with Crippen molar-refractivity contribution in [2.45, 2.75) is 23.6 Å². The van der Waals surface area contributed by atoms with Gasteiger partial charge in [0.1, 0.15) is 4.90 Å². The van der Waals surface area contributed by atoms with Gasteiger partial charge in [0.05, 0.1) is 12.0 Å². The SMILES string of the molecule is Cc1ccc(C=Cc2ccc(C)cc2S(=O)(=O)O)c(SOOO)c1. The number of hydrogen-bond acceptors (Lipinski definition) is 6. The van der Waals surface area contributed by atoms with Crippen molar-refractivity contribution < 1.29 is 27.6 Å². The zero-order valence-electron chi connectivity index (χ0n) is 13.0. The summed E-state index contributed by atoms with van der Waals surface area (Å²) in [5, 5.41) is 11.9. The molecule has 128 valence electrons. The smallest absolute Gasteiger partial charge is 0.282 e. The third kappa shape index (κ3) is 4.91. The van der Waals surface area contributed by atoms with Gasteiger partial charge in [-0.3, -0.25) is 4.55 Å². The number of hydrogen-bond donors (Lipinski definition) is 2. The molecule has 0 aliphatic rings. The zero-order chi connectivity index (χ0) is 17.7. The van der Waals surface area contributed by atoms with Gasteiger partial charge in [-0.15, -0.1) is 4.33 Å². The fourth-order valence-corrected chi connectivity index (χ4v) is 3.42. The van der Waals surface area contributed by atoms with Gasteiger partial charge in [-0.1, -0.05) is 41.5 Å². The average Bonchev–Trinajstić information content (AvgIpc) is 2.52. The van der Waals surface area contributed by atoms with Crippen molar-refractivity contribution in [1.82, 2.24) is 0 Å². The summed E-state index contributed by atoms with van der Waals surface area (Å²) in [4.78, 5) is 0.510. The molecule has 0 radical (unpaired) electrons. The first-order chi connectivity index (χ1) is 11.3. The molecule has 2 aromatic rings. The van der Waals surface area contributed by atoms with Crippen molar-refractivity contribution in [2.75, 3.05) is 0 Å². The van der Waals surface area contributed by atoms with Crippen molar-refractivity contribution >= 4 is 34.3 Å². The number of aryl methyl sites for hydroxylation is 2. The highest BCUT2D eigenvalue weighted by molar-refractivity contribution is 7.94. The predicted octanol–water partition coefficient (Wildman–Crippen LogP) is 4.15. The van der Waals surface area contributed by atoms with Gasteiger partial charge in [-0.2, -0.15) is 8.42 Å². The van der Waals surface area contributed by atoms with Crippen LogP contribution >= 0.6 is 12.0 Å². The van der Waals surface area contributed by atoms with E-state index in [1.807, 2.05) is 25.1 Å². The van der Waals surface area contributed by atoms with E-state index in [0.29, 0.717) is 10.5 Å². The molecule has 0 fully saturated rings. The maximum absolute atomic E-state index is 11.5. The van der Waals surface area contributed by atoms with E-state index >= 15 is 0 Å². The summed E-state index contributed by atoms with van der Waals surface area (Å²) in [5.41, 5.74) is 2.79. The van der Waals surface area contributed by atoms with E-state index in [2.05, 4.69) is 9.37 Å². The Bertz CT molecular complexity index is 859. The van der Waals surface area contributed by atoms with Gasteiger partial charge in [-0.05, 0) is 48.2 Å². The second-order valence-corrected chi connectivity index (χ2v) is 7.25. The van der Waals surface area contributed by atoms with Gasteiger partial charge in [-0.25, -0.2) is 5.26 Å². The van der Waals surface area contributed by atoms with Gasteiger partial charge in [0.15, 0.2) is 0 Å². The largest absolute Gasteiger partial charge is 0.295 e. The lowest BCUT2D eigenvalue weighted by atomic mass is 10.1. The highest BCUT2D eigenvalue weighted by Crippen LogP contribution is 2.27. The quantitative estimate of drug-likeness (QED) is 0.260. The van der Waals surface area contributed by atoms with Crippen LogP contribution < -0.4 is 0 Å². The molecule has 2 aromatic carbocycles. The molecule has 0 saturated carbocycles. The van der Waals surface area contributed by atoms with Crippen LogP contribution in [-0.4, -0.2) is 18.2 Å². The number of benzene rings is 2. The van der Waals surface area contributed by atoms with Gasteiger partial charge in [0.2, 0.25) is 0 Å². The summed E-state index contributed by atoms with van der Waals surface area (Å²) in [5.74, 6) is 0.